The van der Waals surface area contributed by atoms with Gasteiger partial charge in [0.2, 0.25) is 0 Å². The van der Waals surface area contributed by atoms with Gasteiger partial charge in [-0.25, -0.2) is 4.79 Å². The summed E-state index contributed by atoms with van der Waals surface area (Å²) in [5.41, 5.74) is 1.27. The van der Waals surface area contributed by atoms with E-state index < -0.39 is 0 Å². The van der Waals surface area contributed by atoms with Crippen LogP contribution in [0, 0.1) is 0 Å². The Labute approximate surface area is 115 Å². The summed E-state index contributed by atoms with van der Waals surface area (Å²) in [4.78, 5) is 12.2. The number of hydrogen-bond acceptors (Lipinski definition) is 2. The first kappa shape index (κ1) is 12.2. The van der Waals surface area contributed by atoms with Gasteiger partial charge in [0.1, 0.15) is 0 Å². The van der Waals surface area contributed by atoms with Crippen LogP contribution >= 0.6 is 11.3 Å². The second-order valence-electron chi connectivity index (χ2n) is 4.97. The molecule has 4 heteroatoms. The molecule has 0 amide bonds. The van der Waals surface area contributed by atoms with Crippen molar-refractivity contribution in [2.45, 2.75) is 26.4 Å². The zero-order valence-corrected chi connectivity index (χ0v) is 11.9. The highest BCUT2D eigenvalue weighted by Gasteiger charge is 2.09. The van der Waals surface area contributed by atoms with E-state index in [9.17, 15) is 4.79 Å². The first-order valence-electron chi connectivity index (χ1n) is 6.39. The van der Waals surface area contributed by atoms with Gasteiger partial charge in [0, 0.05) is 23.1 Å². The van der Waals surface area contributed by atoms with Crippen LogP contribution in [0.1, 0.15) is 25.5 Å². The average Bonchev–Trinajstić information content (AvgIpc) is 2.96. The van der Waals surface area contributed by atoms with Crippen molar-refractivity contribution in [3.8, 4) is 0 Å². The minimum absolute atomic E-state index is 0.0604. The van der Waals surface area contributed by atoms with E-state index in [1.165, 1.54) is 15.6 Å². The molecule has 3 aromatic rings. The Hall–Kier alpha value is -1.81. The van der Waals surface area contributed by atoms with Crippen molar-refractivity contribution in [1.82, 2.24) is 9.13 Å². The molecule has 0 aliphatic rings. The standard InChI is InChI=1S/C15H16N2OS/c1-11(2)17-8-7-16(15(17)18)9-12-10-19-14-6-4-3-5-13(12)14/h3-8,10-11H,9H2,1-2H3. The summed E-state index contributed by atoms with van der Waals surface area (Å²) >= 11 is 1.73. The van der Waals surface area contributed by atoms with Gasteiger partial charge in [-0.15, -0.1) is 11.3 Å². The fourth-order valence-corrected chi connectivity index (χ4v) is 3.23. The molecule has 0 spiro atoms. The predicted octanol–water partition coefficient (Wildman–Crippen LogP) is 3.49. The Morgan fingerprint density at radius 2 is 2.00 bits per heavy atom. The van der Waals surface area contributed by atoms with Crippen molar-refractivity contribution in [2.75, 3.05) is 0 Å². The number of hydrogen-bond donors (Lipinski definition) is 0. The maximum atomic E-state index is 12.2. The Morgan fingerprint density at radius 1 is 1.21 bits per heavy atom. The average molecular weight is 272 g/mol. The molecule has 0 saturated heterocycles. The SMILES string of the molecule is CC(C)n1ccn(Cc2csc3ccccc23)c1=O. The van der Waals surface area contributed by atoms with Crippen LogP contribution in [0.3, 0.4) is 0 Å². The fraction of sp³-hybridized carbons (Fsp3) is 0.267. The molecule has 0 aliphatic heterocycles. The van der Waals surface area contributed by atoms with Crippen LogP contribution in [-0.4, -0.2) is 9.13 Å². The zero-order chi connectivity index (χ0) is 13.4. The number of imidazole rings is 1. The lowest BCUT2D eigenvalue weighted by Gasteiger charge is -2.04. The van der Waals surface area contributed by atoms with Crippen LogP contribution < -0.4 is 5.69 Å². The molecule has 0 radical (unpaired) electrons. The molecule has 0 saturated carbocycles. The summed E-state index contributed by atoms with van der Waals surface area (Å²) in [6.07, 6.45) is 3.73. The highest BCUT2D eigenvalue weighted by Crippen LogP contribution is 2.25. The van der Waals surface area contributed by atoms with Crippen LogP contribution in [0.25, 0.3) is 10.1 Å². The first-order valence-corrected chi connectivity index (χ1v) is 7.27. The van der Waals surface area contributed by atoms with E-state index in [1.54, 1.807) is 20.5 Å². The van der Waals surface area contributed by atoms with Crippen molar-refractivity contribution < 1.29 is 0 Å². The molecule has 0 bridgehead atoms. The first-order chi connectivity index (χ1) is 9.16. The lowest BCUT2D eigenvalue weighted by Crippen LogP contribution is -2.25. The van der Waals surface area contributed by atoms with E-state index >= 15 is 0 Å². The number of fused-ring (bicyclic) bond motifs is 1. The van der Waals surface area contributed by atoms with E-state index in [2.05, 4.69) is 17.5 Å². The second-order valence-corrected chi connectivity index (χ2v) is 5.88. The number of nitrogens with zero attached hydrogens (tertiary/aromatic N) is 2. The van der Waals surface area contributed by atoms with E-state index in [0.717, 1.165) is 0 Å². The van der Waals surface area contributed by atoms with Crippen molar-refractivity contribution in [2.24, 2.45) is 0 Å². The molecule has 0 atom stereocenters. The Kier molecular flexibility index (Phi) is 3.03. The van der Waals surface area contributed by atoms with Crippen molar-refractivity contribution in [1.29, 1.82) is 0 Å². The highest BCUT2D eigenvalue weighted by molar-refractivity contribution is 7.17. The summed E-state index contributed by atoms with van der Waals surface area (Å²) < 4.78 is 4.80. The lowest BCUT2D eigenvalue weighted by molar-refractivity contribution is 0.561. The second kappa shape index (κ2) is 4.70. The third kappa shape index (κ3) is 2.12. The molecule has 19 heavy (non-hydrogen) atoms. The van der Waals surface area contributed by atoms with Crippen molar-refractivity contribution in [3.63, 3.8) is 0 Å². The van der Waals surface area contributed by atoms with Crippen molar-refractivity contribution in [3.05, 3.63) is 58.1 Å². The third-order valence-electron chi connectivity index (χ3n) is 3.33. The Bertz CT molecular complexity index is 764. The molecule has 0 unspecified atom stereocenters. The zero-order valence-electron chi connectivity index (χ0n) is 11.0. The summed E-state index contributed by atoms with van der Waals surface area (Å²) in [5, 5.41) is 3.39. The van der Waals surface area contributed by atoms with E-state index in [1.807, 2.05) is 38.4 Å². The lowest BCUT2D eigenvalue weighted by atomic mass is 10.2. The van der Waals surface area contributed by atoms with Gasteiger partial charge >= 0.3 is 5.69 Å². The van der Waals surface area contributed by atoms with E-state index in [0.29, 0.717) is 6.54 Å². The summed E-state index contributed by atoms with van der Waals surface area (Å²) in [5.74, 6) is 0. The van der Waals surface area contributed by atoms with E-state index in [4.69, 9.17) is 0 Å². The molecule has 0 fully saturated rings. The molecule has 3 rings (SSSR count). The number of benzene rings is 1. The third-order valence-corrected chi connectivity index (χ3v) is 4.34. The van der Waals surface area contributed by atoms with Crippen LogP contribution in [0.15, 0.2) is 46.8 Å². The predicted molar refractivity (Wildman–Crippen MR) is 80.0 cm³/mol. The molecule has 98 valence electrons. The largest absolute Gasteiger partial charge is 0.328 e. The summed E-state index contributed by atoms with van der Waals surface area (Å²) in [7, 11) is 0. The van der Waals surface area contributed by atoms with Gasteiger partial charge in [-0.1, -0.05) is 18.2 Å². The van der Waals surface area contributed by atoms with Gasteiger partial charge in [-0.05, 0) is 36.2 Å². The number of aromatic nitrogens is 2. The van der Waals surface area contributed by atoms with Gasteiger partial charge in [0.05, 0.1) is 6.54 Å². The highest BCUT2D eigenvalue weighted by atomic mass is 32.1. The van der Waals surface area contributed by atoms with Crippen LogP contribution in [0.2, 0.25) is 0 Å². The molecule has 2 heterocycles. The number of thiophene rings is 1. The normalized spacial score (nSPS) is 11.5. The fourth-order valence-electron chi connectivity index (χ4n) is 2.28. The maximum absolute atomic E-state index is 12.2. The van der Waals surface area contributed by atoms with Gasteiger partial charge in [0.25, 0.3) is 0 Å². The molecule has 0 N–H and O–H groups in total. The quantitative estimate of drug-likeness (QED) is 0.717. The van der Waals surface area contributed by atoms with Crippen LogP contribution in [-0.2, 0) is 6.54 Å². The molecule has 0 aliphatic carbocycles. The smallest absolute Gasteiger partial charge is 0.297 e. The molecular formula is C15H16N2OS. The Morgan fingerprint density at radius 3 is 2.74 bits per heavy atom. The molecule has 2 aromatic heterocycles. The van der Waals surface area contributed by atoms with Crippen LogP contribution in [0.4, 0.5) is 0 Å². The maximum Gasteiger partial charge on any atom is 0.328 e. The van der Waals surface area contributed by atoms with Gasteiger partial charge in [-0.2, -0.15) is 0 Å². The van der Waals surface area contributed by atoms with Crippen molar-refractivity contribution >= 4 is 21.4 Å². The molecule has 3 nitrogen and oxygen atoms in total. The minimum atomic E-state index is 0.0604. The topological polar surface area (TPSA) is 26.9 Å². The van der Waals surface area contributed by atoms with Gasteiger partial charge in [-0.3, -0.25) is 9.13 Å². The van der Waals surface area contributed by atoms with E-state index in [-0.39, 0.29) is 11.7 Å². The monoisotopic (exact) mass is 272 g/mol. The van der Waals surface area contributed by atoms with Gasteiger partial charge < -0.3 is 0 Å². The summed E-state index contributed by atoms with van der Waals surface area (Å²) in [6.45, 7) is 4.68. The Balaban J connectivity index is 2.00. The molecular weight excluding hydrogens is 256 g/mol. The van der Waals surface area contributed by atoms with Crippen LogP contribution in [0.5, 0.6) is 0 Å². The summed E-state index contributed by atoms with van der Waals surface area (Å²) in [6, 6.07) is 8.52. The molecule has 1 aromatic carbocycles. The van der Waals surface area contributed by atoms with Gasteiger partial charge in [0.15, 0.2) is 0 Å². The number of rotatable bonds is 3. The minimum Gasteiger partial charge on any atom is -0.297 e.